The Morgan fingerprint density at radius 1 is 0.392 bits per heavy atom. The highest BCUT2D eigenvalue weighted by Gasteiger charge is 2.18. The molecule has 2 aromatic heterocycles. The van der Waals surface area contributed by atoms with E-state index in [1.165, 1.54) is 21.9 Å². The monoisotopic (exact) mass is 654 g/mol. The van der Waals surface area contributed by atoms with Gasteiger partial charge in [0, 0.05) is 39.5 Å². The first-order chi connectivity index (χ1) is 25.2. The molecule has 51 heavy (non-hydrogen) atoms. The van der Waals surface area contributed by atoms with Gasteiger partial charge in [-0.15, -0.1) is 0 Å². The van der Waals surface area contributed by atoms with Gasteiger partial charge in [-0.25, -0.2) is 4.98 Å². The van der Waals surface area contributed by atoms with Crippen molar-refractivity contribution in [1.29, 1.82) is 0 Å². The number of rotatable bonds is 6. The number of hydrogen-bond donors (Lipinski definition) is 0. The summed E-state index contributed by atoms with van der Waals surface area (Å²) < 4.78 is 12.7. The second-order valence-corrected chi connectivity index (χ2v) is 12.8. The number of fused-ring (bicyclic) bond motifs is 5. The average Bonchev–Trinajstić information content (AvgIpc) is 3.79. The van der Waals surface area contributed by atoms with Crippen molar-refractivity contribution in [3.05, 3.63) is 182 Å². The minimum Gasteiger partial charge on any atom is -0.456 e. The molecule has 0 spiro atoms. The third-order valence-corrected chi connectivity index (χ3v) is 9.69. The number of furan rings is 1. The van der Waals surface area contributed by atoms with Crippen LogP contribution in [-0.2, 0) is 0 Å². The molecule has 0 atom stereocenters. The lowest BCUT2D eigenvalue weighted by Gasteiger charge is -2.26. The maximum Gasteiger partial charge on any atom is 0.227 e. The van der Waals surface area contributed by atoms with Crippen LogP contribution in [0.4, 0.5) is 17.1 Å². The molecule has 0 aliphatic rings. The molecule has 2 heterocycles. The topological polar surface area (TPSA) is 42.4 Å². The summed E-state index contributed by atoms with van der Waals surface area (Å²) in [4.78, 5) is 7.09. The summed E-state index contributed by atoms with van der Waals surface area (Å²) in [7, 11) is 0. The van der Waals surface area contributed by atoms with Gasteiger partial charge in [0.25, 0.3) is 0 Å². The molecule has 0 amide bonds. The van der Waals surface area contributed by atoms with Gasteiger partial charge in [0.05, 0.1) is 0 Å². The Bertz CT molecular complexity index is 2840. The molecule has 0 fully saturated rings. The SMILES string of the molecule is c1ccc(-c2ccc(N(c3ccc(-c4cccc5oc6cc7nc(-c8ccccc8)oc7cc6c45)cc3)c3ccc4ccccc4c3)cc2)cc1. The summed E-state index contributed by atoms with van der Waals surface area (Å²) in [6.07, 6.45) is 0. The highest BCUT2D eigenvalue weighted by Crippen LogP contribution is 2.41. The molecule has 0 aliphatic heterocycles. The zero-order chi connectivity index (χ0) is 33.7. The Hall–Kier alpha value is -6.91. The Morgan fingerprint density at radius 2 is 1.02 bits per heavy atom. The average molecular weight is 655 g/mol. The van der Waals surface area contributed by atoms with Crippen LogP contribution in [0, 0.1) is 0 Å². The molecule has 0 bridgehead atoms. The summed E-state index contributed by atoms with van der Waals surface area (Å²) in [6.45, 7) is 0. The largest absolute Gasteiger partial charge is 0.456 e. The molecule has 4 heteroatoms. The lowest BCUT2D eigenvalue weighted by Crippen LogP contribution is -2.09. The van der Waals surface area contributed by atoms with Crippen molar-refractivity contribution in [2.24, 2.45) is 0 Å². The lowest BCUT2D eigenvalue weighted by atomic mass is 9.98. The van der Waals surface area contributed by atoms with Crippen molar-refractivity contribution < 1.29 is 8.83 Å². The Balaban J connectivity index is 1.07. The van der Waals surface area contributed by atoms with Crippen LogP contribution in [-0.4, -0.2) is 4.98 Å². The second kappa shape index (κ2) is 11.9. The third kappa shape index (κ3) is 5.13. The van der Waals surface area contributed by atoms with Gasteiger partial charge in [-0.2, -0.15) is 0 Å². The first kappa shape index (κ1) is 29.0. The third-order valence-electron chi connectivity index (χ3n) is 9.69. The minimum absolute atomic E-state index is 0.601. The maximum absolute atomic E-state index is 6.40. The van der Waals surface area contributed by atoms with E-state index in [2.05, 4.69) is 144 Å². The van der Waals surface area contributed by atoms with E-state index in [-0.39, 0.29) is 0 Å². The predicted octanol–water partition coefficient (Wildman–Crippen LogP) is 13.4. The van der Waals surface area contributed by atoms with Crippen LogP contribution in [0.25, 0.3) is 77.5 Å². The molecule has 0 unspecified atom stereocenters. The van der Waals surface area contributed by atoms with Crippen molar-refractivity contribution in [3.63, 3.8) is 0 Å². The highest BCUT2D eigenvalue weighted by atomic mass is 16.4. The molecule has 240 valence electrons. The number of aromatic nitrogens is 1. The first-order valence-electron chi connectivity index (χ1n) is 17.1. The molecule has 0 radical (unpaired) electrons. The molecule has 0 aliphatic carbocycles. The van der Waals surface area contributed by atoms with Crippen molar-refractivity contribution in [2.75, 3.05) is 4.90 Å². The number of nitrogens with zero attached hydrogens (tertiary/aromatic N) is 2. The van der Waals surface area contributed by atoms with Crippen LogP contribution in [0.3, 0.4) is 0 Å². The summed E-state index contributed by atoms with van der Waals surface area (Å²) in [5, 5.41) is 4.48. The summed E-state index contributed by atoms with van der Waals surface area (Å²) in [5.41, 5.74) is 11.9. The summed E-state index contributed by atoms with van der Waals surface area (Å²) in [5.74, 6) is 0.601. The van der Waals surface area contributed by atoms with E-state index >= 15 is 0 Å². The van der Waals surface area contributed by atoms with Gasteiger partial charge in [0.2, 0.25) is 5.89 Å². The number of hydrogen-bond acceptors (Lipinski definition) is 4. The van der Waals surface area contributed by atoms with Gasteiger partial charge >= 0.3 is 0 Å². The fourth-order valence-corrected chi connectivity index (χ4v) is 7.18. The van der Waals surface area contributed by atoms with E-state index in [0.717, 1.165) is 66.8 Å². The number of anilines is 3. The van der Waals surface area contributed by atoms with Gasteiger partial charge < -0.3 is 13.7 Å². The lowest BCUT2D eigenvalue weighted by molar-refractivity contribution is 0.620. The van der Waals surface area contributed by atoms with E-state index in [4.69, 9.17) is 13.8 Å². The van der Waals surface area contributed by atoms with Crippen LogP contribution in [0.2, 0.25) is 0 Å². The molecular weight excluding hydrogens is 625 g/mol. The maximum atomic E-state index is 6.40. The number of oxazole rings is 1. The second-order valence-electron chi connectivity index (χ2n) is 12.8. The molecule has 10 aromatic rings. The molecule has 0 saturated carbocycles. The van der Waals surface area contributed by atoms with E-state index in [9.17, 15) is 0 Å². The van der Waals surface area contributed by atoms with E-state index in [0.29, 0.717) is 5.89 Å². The Morgan fingerprint density at radius 3 is 1.76 bits per heavy atom. The van der Waals surface area contributed by atoms with Crippen LogP contribution < -0.4 is 4.90 Å². The van der Waals surface area contributed by atoms with Gasteiger partial charge in [-0.05, 0) is 93.7 Å². The summed E-state index contributed by atoms with van der Waals surface area (Å²) in [6, 6.07) is 63.6. The van der Waals surface area contributed by atoms with Crippen LogP contribution in [0.15, 0.2) is 191 Å². The molecule has 10 rings (SSSR count). The zero-order valence-electron chi connectivity index (χ0n) is 27.5. The normalized spacial score (nSPS) is 11.5. The quantitative estimate of drug-likeness (QED) is 0.179. The van der Waals surface area contributed by atoms with E-state index in [1.54, 1.807) is 0 Å². The zero-order valence-corrected chi connectivity index (χ0v) is 27.5. The minimum atomic E-state index is 0.601. The summed E-state index contributed by atoms with van der Waals surface area (Å²) >= 11 is 0. The Kier molecular flexibility index (Phi) is 6.78. The van der Waals surface area contributed by atoms with Crippen molar-refractivity contribution in [3.8, 4) is 33.7 Å². The fourth-order valence-electron chi connectivity index (χ4n) is 7.18. The predicted molar refractivity (Wildman–Crippen MR) is 210 cm³/mol. The molecule has 4 nitrogen and oxygen atoms in total. The fraction of sp³-hybridized carbons (Fsp3) is 0. The van der Waals surface area contributed by atoms with Gasteiger partial charge in [-0.3, -0.25) is 0 Å². The highest BCUT2D eigenvalue weighted by molar-refractivity contribution is 6.15. The molecular formula is C47H30N2O2. The van der Waals surface area contributed by atoms with Crippen molar-refractivity contribution >= 4 is 60.9 Å². The molecule has 0 saturated heterocycles. The van der Waals surface area contributed by atoms with Crippen LogP contribution >= 0.6 is 0 Å². The van der Waals surface area contributed by atoms with Gasteiger partial charge in [-0.1, -0.05) is 115 Å². The van der Waals surface area contributed by atoms with Crippen molar-refractivity contribution in [2.45, 2.75) is 0 Å². The smallest absolute Gasteiger partial charge is 0.227 e. The molecule has 8 aromatic carbocycles. The van der Waals surface area contributed by atoms with Crippen molar-refractivity contribution in [1.82, 2.24) is 4.98 Å². The van der Waals surface area contributed by atoms with Gasteiger partial charge in [0.1, 0.15) is 16.7 Å². The first-order valence-corrected chi connectivity index (χ1v) is 17.1. The van der Waals surface area contributed by atoms with E-state index in [1.807, 2.05) is 42.5 Å². The molecule has 0 N–H and O–H groups in total. The standard InChI is InChI=1S/C47H30N2O2/c1-3-10-31(11-4-1)33-18-23-37(24-19-33)49(39-27-20-32-12-7-8-15-36(32)28-39)38-25-21-34(22-26-38)40-16-9-17-43-46(40)41-29-45-42(30-44(41)50-43)48-47(51-45)35-13-5-2-6-14-35/h1-30H. The Labute approximate surface area is 294 Å². The number of benzene rings is 8. The van der Waals surface area contributed by atoms with Gasteiger partial charge in [0.15, 0.2) is 5.58 Å². The van der Waals surface area contributed by atoms with Crippen LogP contribution in [0.5, 0.6) is 0 Å². The van der Waals surface area contributed by atoms with Crippen LogP contribution in [0.1, 0.15) is 0 Å². The van der Waals surface area contributed by atoms with E-state index < -0.39 is 0 Å².